The molecule has 0 saturated heterocycles. The first-order valence-electron chi connectivity index (χ1n) is 5.12. The minimum absolute atomic E-state index is 0.197. The average Bonchev–Trinajstić information content (AvgIpc) is 2.82. The maximum Gasteiger partial charge on any atom is 0.241 e. The number of benzene rings is 1. The minimum Gasteiger partial charge on any atom is -0.262 e. The van der Waals surface area contributed by atoms with Crippen molar-refractivity contribution in [3.63, 3.8) is 0 Å². The van der Waals surface area contributed by atoms with Crippen LogP contribution in [-0.2, 0) is 10.0 Å². The Hall–Kier alpha value is -1.25. The summed E-state index contributed by atoms with van der Waals surface area (Å²) in [6.45, 7) is 1.69. The fourth-order valence-corrected chi connectivity index (χ4v) is 3.22. The third-order valence-electron chi connectivity index (χ3n) is 2.28. The van der Waals surface area contributed by atoms with Gasteiger partial charge in [-0.1, -0.05) is 22.0 Å². The van der Waals surface area contributed by atoms with Gasteiger partial charge in [-0.15, -0.1) is 0 Å². The molecular formula is C10H11BrN4O2S. The molecule has 2 rings (SSSR count). The summed E-state index contributed by atoms with van der Waals surface area (Å²) in [7, 11) is -3.58. The SMILES string of the molecule is C[C@H](NS(=O)(=O)c1cccc(Br)c1)c1ncn[nH]1. The summed E-state index contributed by atoms with van der Waals surface area (Å²) in [5.74, 6) is 0.466. The maximum absolute atomic E-state index is 12.1. The fourth-order valence-electron chi connectivity index (χ4n) is 1.41. The Morgan fingerprint density at radius 3 is 2.83 bits per heavy atom. The Balaban J connectivity index is 2.22. The van der Waals surface area contributed by atoms with Crippen LogP contribution in [0, 0.1) is 0 Å². The molecule has 1 atom stereocenters. The van der Waals surface area contributed by atoms with Crippen LogP contribution >= 0.6 is 15.9 Å². The van der Waals surface area contributed by atoms with Gasteiger partial charge in [-0.25, -0.2) is 18.1 Å². The van der Waals surface area contributed by atoms with Gasteiger partial charge in [0.15, 0.2) is 0 Å². The first-order chi connectivity index (χ1) is 8.49. The summed E-state index contributed by atoms with van der Waals surface area (Å²) in [6.07, 6.45) is 1.33. The quantitative estimate of drug-likeness (QED) is 0.891. The second kappa shape index (κ2) is 5.17. The maximum atomic E-state index is 12.1. The number of H-pyrrole nitrogens is 1. The Labute approximate surface area is 113 Å². The molecule has 1 aromatic heterocycles. The zero-order chi connectivity index (χ0) is 13.2. The lowest BCUT2D eigenvalue weighted by atomic mass is 10.3. The van der Waals surface area contributed by atoms with Crippen molar-refractivity contribution in [3.8, 4) is 0 Å². The van der Waals surface area contributed by atoms with Gasteiger partial charge in [0.05, 0.1) is 10.9 Å². The topological polar surface area (TPSA) is 87.7 Å². The molecule has 0 radical (unpaired) electrons. The molecule has 0 aliphatic heterocycles. The normalized spacial score (nSPS) is 13.4. The molecule has 96 valence electrons. The van der Waals surface area contributed by atoms with Gasteiger partial charge in [-0.05, 0) is 25.1 Å². The number of aromatic amines is 1. The van der Waals surface area contributed by atoms with E-state index in [9.17, 15) is 8.42 Å². The molecular weight excluding hydrogens is 320 g/mol. The highest BCUT2D eigenvalue weighted by Crippen LogP contribution is 2.18. The zero-order valence-corrected chi connectivity index (χ0v) is 11.9. The van der Waals surface area contributed by atoms with Crippen LogP contribution in [0.5, 0.6) is 0 Å². The van der Waals surface area contributed by atoms with E-state index >= 15 is 0 Å². The van der Waals surface area contributed by atoms with E-state index in [0.29, 0.717) is 10.3 Å². The van der Waals surface area contributed by atoms with E-state index in [2.05, 4.69) is 35.8 Å². The van der Waals surface area contributed by atoms with Crippen LogP contribution in [-0.4, -0.2) is 23.6 Å². The second-order valence-electron chi connectivity index (χ2n) is 3.67. The number of rotatable bonds is 4. The smallest absolute Gasteiger partial charge is 0.241 e. The van der Waals surface area contributed by atoms with Crippen LogP contribution in [0.2, 0.25) is 0 Å². The van der Waals surface area contributed by atoms with E-state index < -0.39 is 16.1 Å². The van der Waals surface area contributed by atoms with Crippen LogP contribution in [0.3, 0.4) is 0 Å². The number of aromatic nitrogens is 3. The summed E-state index contributed by atoms with van der Waals surface area (Å²) in [4.78, 5) is 4.11. The highest BCUT2D eigenvalue weighted by Gasteiger charge is 2.19. The van der Waals surface area contributed by atoms with Gasteiger partial charge < -0.3 is 0 Å². The van der Waals surface area contributed by atoms with Crippen LogP contribution in [0.1, 0.15) is 18.8 Å². The number of nitrogens with one attached hydrogen (secondary N) is 2. The molecule has 18 heavy (non-hydrogen) atoms. The second-order valence-corrected chi connectivity index (χ2v) is 6.30. The predicted octanol–water partition coefficient (Wildman–Crippen LogP) is 1.61. The van der Waals surface area contributed by atoms with E-state index in [1.54, 1.807) is 19.1 Å². The average molecular weight is 331 g/mol. The van der Waals surface area contributed by atoms with Crippen molar-refractivity contribution in [1.82, 2.24) is 19.9 Å². The molecule has 0 saturated carbocycles. The Bertz CT molecular complexity index is 627. The van der Waals surface area contributed by atoms with Crippen molar-refractivity contribution >= 4 is 26.0 Å². The van der Waals surface area contributed by atoms with Crippen molar-refractivity contribution in [3.05, 3.63) is 40.9 Å². The highest BCUT2D eigenvalue weighted by molar-refractivity contribution is 9.10. The molecule has 1 heterocycles. The van der Waals surface area contributed by atoms with Crippen LogP contribution in [0.4, 0.5) is 0 Å². The third kappa shape index (κ3) is 2.95. The Morgan fingerprint density at radius 1 is 1.44 bits per heavy atom. The Kier molecular flexibility index (Phi) is 3.79. The number of hydrogen-bond acceptors (Lipinski definition) is 4. The van der Waals surface area contributed by atoms with E-state index in [1.165, 1.54) is 18.5 Å². The van der Waals surface area contributed by atoms with E-state index in [-0.39, 0.29) is 4.90 Å². The van der Waals surface area contributed by atoms with Gasteiger partial charge in [0.25, 0.3) is 0 Å². The molecule has 2 N–H and O–H groups in total. The zero-order valence-electron chi connectivity index (χ0n) is 9.46. The molecule has 1 aromatic carbocycles. The summed E-state index contributed by atoms with van der Waals surface area (Å²) in [6, 6.07) is 6.02. The fraction of sp³-hybridized carbons (Fsp3) is 0.200. The first-order valence-corrected chi connectivity index (χ1v) is 7.40. The summed E-state index contributed by atoms with van der Waals surface area (Å²) in [5, 5.41) is 6.31. The summed E-state index contributed by atoms with van der Waals surface area (Å²) >= 11 is 3.24. The van der Waals surface area contributed by atoms with Crippen LogP contribution in [0.25, 0.3) is 0 Å². The molecule has 0 fully saturated rings. The van der Waals surface area contributed by atoms with E-state index in [1.807, 2.05) is 0 Å². The standard InChI is InChI=1S/C10H11BrN4O2S/c1-7(10-12-6-13-14-10)15-18(16,17)9-4-2-3-8(11)5-9/h2-7,15H,1H3,(H,12,13,14)/t7-/m0/s1. The van der Waals surface area contributed by atoms with Crippen molar-refractivity contribution in [2.45, 2.75) is 17.9 Å². The molecule has 0 amide bonds. The summed E-state index contributed by atoms with van der Waals surface area (Å²) in [5.41, 5.74) is 0. The molecule has 0 aliphatic carbocycles. The van der Waals surface area contributed by atoms with E-state index in [0.717, 1.165) is 0 Å². The largest absolute Gasteiger partial charge is 0.262 e. The molecule has 6 nitrogen and oxygen atoms in total. The van der Waals surface area contributed by atoms with E-state index in [4.69, 9.17) is 0 Å². The van der Waals surface area contributed by atoms with Crippen molar-refractivity contribution in [2.24, 2.45) is 0 Å². The number of hydrogen-bond donors (Lipinski definition) is 2. The molecule has 0 bridgehead atoms. The van der Waals surface area contributed by atoms with Gasteiger partial charge in [0.2, 0.25) is 10.0 Å². The van der Waals surface area contributed by atoms with Crippen molar-refractivity contribution < 1.29 is 8.42 Å². The molecule has 0 unspecified atom stereocenters. The highest BCUT2D eigenvalue weighted by atomic mass is 79.9. The van der Waals surface area contributed by atoms with Gasteiger partial charge >= 0.3 is 0 Å². The van der Waals surface area contributed by atoms with Crippen LogP contribution < -0.4 is 4.72 Å². The number of halogens is 1. The van der Waals surface area contributed by atoms with Gasteiger partial charge in [0, 0.05) is 4.47 Å². The van der Waals surface area contributed by atoms with Crippen LogP contribution in [0.15, 0.2) is 40.0 Å². The lowest BCUT2D eigenvalue weighted by Gasteiger charge is -2.11. The summed E-state index contributed by atoms with van der Waals surface area (Å²) < 4.78 is 27.4. The lowest BCUT2D eigenvalue weighted by molar-refractivity contribution is 0.560. The lowest BCUT2D eigenvalue weighted by Crippen LogP contribution is -2.27. The van der Waals surface area contributed by atoms with Gasteiger partial charge in [0.1, 0.15) is 12.2 Å². The molecule has 8 heteroatoms. The molecule has 0 spiro atoms. The first kappa shape index (κ1) is 13.2. The molecule has 2 aromatic rings. The third-order valence-corrected chi connectivity index (χ3v) is 4.31. The number of sulfonamides is 1. The van der Waals surface area contributed by atoms with Crippen molar-refractivity contribution in [2.75, 3.05) is 0 Å². The predicted molar refractivity (Wildman–Crippen MR) is 69.3 cm³/mol. The Morgan fingerprint density at radius 2 is 2.22 bits per heavy atom. The molecule has 0 aliphatic rings. The number of nitrogens with zero attached hydrogens (tertiary/aromatic N) is 2. The van der Waals surface area contributed by atoms with Gasteiger partial charge in [-0.2, -0.15) is 5.10 Å². The monoisotopic (exact) mass is 330 g/mol. The minimum atomic E-state index is -3.58. The van der Waals surface area contributed by atoms with Crippen molar-refractivity contribution in [1.29, 1.82) is 0 Å². The van der Waals surface area contributed by atoms with Gasteiger partial charge in [-0.3, -0.25) is 5.10 Å².